The third-order valence-corrected chi connectivity index (χ3v) is 6.14. The van der Waals surface area contributed by atoms with Crippen LogP contribution in [0.4, 0.5) is 11.6 Å². The van der Waals surface area contributed by atoms with Crippen LogP contribution >= 0.6 is 0 Å². The van der Waals surface area contributed by atoms with E-state index in [1.165, 1.54) is 11.3 Å². The molecule has 1 aromatic carbocycles. The molecule has 2 saturated heterocycles. The molecule has 160 valence electrons. The van der Waals surface area contributed by atoms with Gasteiger partial charge in [0.2, 0.25) is 5.95 Å². The Kier molecular flexibility index (Phi) is 6.20. The zero-order chi connectivity index (χ0) is 21.1. The van der Waals surface area contributed by atoms with Crippen molar-refractivity contribution in [3.63, 3.8) is 0 Å². The number of nitrogens with zero attached hydrogens (tertiary/aromatic N) is 5. The van der Waals surface area contributed by atoms with Crippen molar-refractivity contribution in [2.75, 3.05) is 62.7 Å². The average Bonchev–Trinajstić information content (AvgIpc) is 2.77. The van der Waals surface area contributed by atoms with Crippen LogP contribution in [0.25, 0.3) is 0 Å². The van der Waals surface area contributed by atoms with Crippen LogP contribution in [0.2, 0.25) is 0 Å². The van der Waals surface area contributed by atoms with Crippen molar-refractivity contribution in [3.8, 4) is 0 Å². The average molecular weight is 409 g/mol. The van der Waals surface area contributed by atoms with E-state index in [4.69, 9.17) is 4.98 Å². The lowest BCUT2D eigenvalue weighted by Crippen LogP contribution is -2.48. The van der Waals surface area contributed by atoms with E-state index in [1.54, 1.807) is 23.8 Å². The van der Waals surface area contributed by atoms with Crippen molar-refractivity contribution in [2.24, 2.45) is 7.05 Å². The van der Waals surface area contributed by atoms with Crippen LogP contribution in [0.15, 0.2) is 47.8 Å². The van der Waals surface area contributed by atoms with Crippen LogP contribution in [-0.4, -0.2) is 67.3 Å². The van der Waals surface area contributed by atoms with Gasteiger partial charge in [-0.1, -0.05) is 18.2 Å². The van der Waals surface area contributed by atoms with Crippen LogP contribution in [-0.2, 0) is 13.5 Å². The third kappa shape index (κ3) is 4.42. The Bertz CT molecular complexity index is 930. The minimum atomic E-state index is -0.0246. The molecular weight excluding hydrogens is 376 g/mol. The van der Waals surface area contributed by atoms with Crippen LogP contribution in [0.1, 0.15) is 17.3 Å². The summed E-state index contributed by atoms with van der Waals surface area (Å²) in [4.78, 5) is 24.1. The Morgan fingerprint density at radius 3 is 2.53 bits per heavy atom. The summed E-state index contributed by atoms with van der Waals surface area (Å²) >= 11 is 0. The van der Waals surface area contributed by atoms with E-state index < -0.39 is 0 Å². The highest BCUT2D eigenvalue weighted by Gasteiger charge is 2.24. The van der Waals surface area contributed by atoms with Crippen molar-refractivity contribution in [1.82, 2.24) is 19.8 Å². The summed E-state index contributed by atoms with van der Waals surface area (Å²) in [5, 5.41) is 3.62. The predicted molar refractivity (Wildman–Crippen MR) is 122 cm³/mol. The molecule has 0 saturated carbocycles. The topological polar surface area (TPSA) is 56.6 Å². The summed E-state index contributed by atoms with van der Waals surface area (Å²) in [7, 11) is 3.98. The number of hydrogen-bond donors (Lipinski definition) is 1. The van der Waals surface area contributed by atoms with Gasteiger partial charge in [-0.15, -0.1) is 6.58 Å². The Morgan fingerprint density at radius 1 is 1.10 bits per heavy atom. The van der Waals surface area contributed by atoms with Gasteiger partial charge < -0.3 is 20.0 Å². The van der Waals surface area contributed by atoms with Crippen molar-refractivity contribution >= 4 is 11.6 Å². The Morgan fingerprint density at radius 2 is 1.83 bits per heavy atom. The SMILES string of the molecule is C=CCc1cc(=O)n(C)c(N2CCNC(c3ccc(N4CCN(C)CC4)cc3)C2)n1. The Balaban J connectivity index is 1.49. The van der Waals surface area contributed by atoms with Gasteiger partial charge in [0.25, 0.3) is 5.56 Å². The van der Waals surface area contributed by atoms with Crippen LogP contribution in [0, 0.1) is 0 Å². The lowest BCUT2D eigenvalue weighted by molar-refractivity contribution is 0.313. The second-order valence-electron chi connectivity index (χ2n) is 8.27. The first-order valence-corrected chi connectivity index (χ1v) is 10.7. The lowest BCUT2D eigenvalue weighted by atomic mass is 10.0. The Labute approximate surface area is 178 Å². The highest BCUT2D eigenvalue weighted by molar-refractivity contribution is 5.49. The summed E-state index contributed by atoms with van der Waals surface area (Å²) in [6.45, 7) is 10.6. The van der Waals surface area contributed by atoms with E-state index >= 15 is 0 Å². The first kappa shape index (κ1) is 20.6. The highest BCUT2D eigenvalue weighted by Crippen LogP contribution is 2.24. The molecule has 7 heteroatoms. The van der Waals surface area contributed by atoms with E-state index in [9.17, 15) is 4.79 Å². The number of nitrogens with one attached hydrogen (secondary N) is 1. The zero-order valence-electron chi connectivity index (χ0n) is 18.0. The van der Waals surface area contributed by atoms with Crippen molar-refractivity contribution < 1.29 is 0 Å². The molecule has 7 nitrogen and oxygen atoms in total. The summed E-state index contributed by atoms with van der Waals surface area (Å²) in [5.41, 5.74) is 3.31. The quantitative estimate of drug-likeness (QED) is 0.755. The van der Waals surface area contributed by atoms with Crippen molar-refractivity contribution in [2.45, 2.75) is 12.5 Å². The predicted octanol–water partition coefficient (Wildman–Crippen LogP) is 1.41. The molecule has 2 aliphatic rings. The molecule has 0 spiro atoms. The number of aromatic nitrogens is 2. The van der Waals surface area contributed by atoms with Crippen LogP contribution in [0.3, 0.4) is 0 Å². The van der Waals surface area contributed by atoms with Crippen molar-refractivity contribution in [3.05, 3.63) is 64.6 Å². The second kappa shape index (κ2) is 9.02. The molecule has 3 heterocycles. The molecule has 0 amide bonds. The van der Waals surface area contributed by atoms with E-state index in [1.807, 2.05) is 0 Å². The fourth-order valence-corrected chi connectivity index (χ4v) is 4.25. The summed E-state index contributed by atoms with van der Waals surface area (Å²) in [5.74, 6) is 0.736. The van der Waals surface area contributed by atoms with E-state index in [2.05, 4.69) is 57.9 Å². The van der Waals surface area contributed by atoms with Gasteiger partial charge in [-0.2, -0.15) is 0 Å². The van der Waals surface area contributed by atoms with E-state index in [-0.39, 0.29) is 11.6 Å². The summed E-state index contributed by atoms with van der Waals surface area (Å²) in [6.07, 6.45) is 2.39. The first-order chi connectivity index (χ1) is 14.5. The minimum Gasteiger partial charge on any atom is -0.369 e. The molecule has 0 bridgehead atoms. The number of benzene rings is 1. The fourth-order valence-electron chi connectivity index (χ4n) is 4.25. The monoisotopic (exact) mass is 408 g/mol. The highest BCUT2D eigenvalue weighted by atomic mass is 16.1. The van der Waals surface area contributed by atoms with Gasteiger partial charge in [0.05, 0.1) is 5.69 Å². The molecule has 1 unspecified atom stereocenters. The lowest BCUT2D eigenvalue weighted by Gasteiger charge is -2.36. The molecule has 1 atom stereocenters. The molecule has 0 radical (unpaired) electrons. The number of likely N-dealkylation sites (N-methyl/N-ethyl adjacent to an activating group) is 1. The molecule has 4 rings (SSSR count). The summed E-state index contributed by atoms with van der Waals surface area (Å²) in [6, 6.07) is 10.7. The van der Waals surface area contributed by atoms with E-state index in [0.717, 1.165) is 57.5 Å². The molecule has 1 aromatic heterocycles. The van der Waals surface area contributed by atoms with E-state index in [0.29, 0.717) is 6.42 Å². The smallest absolute Gasteiger partial charge is 0.254 e. The van der Waals surface area contributed by atoms with Crippen LogP contribution < -0.4 is 20.7 Å². The van der Waals surface area contributed by atoms with Gasteiger partial charge in [-0.25, -0.2) is 4.98 Å². The van der Waals surface area contributed by atoms with Gasteiger partial charge >= 0.3 is 0 Å². The summed E-state index contributed by atoms with van der Waals surface area (Å²) < 4.78 is 1.64. The second-order valence-corrected chi connectivity index (χ2v) is 8.27. The standard InChI is InChI=1S/C23H32N6O/c1-4-5-19-16-22(30)27(3)23(25-19)29-11-10-24-21(17-29)18-6-8-20(9-7-18)28-14-12-26(2)13-15-28/h4,6-9,16,21,24H,1,5,10-15,17H2,2-3H3. The molecule has 0 aliphatic carbocycles. The van der Waals surface area contributed by atoms with Crippen LogP contribution in [0.5, 0.6) is 0 Å². The number of anilines is 2. The van der Waals surface area contributed by atoms with Crippen molar-refractivity contribution in [1.29, 1.82) is 0 Å². The maximum atomic E-state index is 12.4. The van der Waals surface area contributed by atoms with Gasteiger partial charge in [-0.05, 0) is 24.7 Å². The molecule has 1 N–H and O–H groups in total. The largest absolute Gasteiger partial charge is 0.369 e. The molecule has 30 heavy (non-hydrogen) atoms. The maximum absolute atomic E-state index is 12.4. The van der Waals surface area contributed by atoms with Gasteiger partial charge in [0, 0.05) is 77.1 Å². The Hall–Kier alpha value is -2.64. The molecular formula is C23H32N6O. The normalized spacial score (nSPS) is 20.4. The molecule has 2 fully saturated rings. The number of hydrogen-bond acceptors (Lipinski definition) is 6. The van der Waals surface area contributed by atoms with Gasteiger partial charge in [-0.3, -0.25) is 9.36 Å². The first-order valence-electron chi connectivity index (χ1n) is 10.7. The van der Waals surface area contributed by atoms with Gasteiger partial charge in [0.1, 0.15) is 0 Å². The number of rotatable bonds is 5. The third-order valence-electron chi connectivity index (χ3n) is 6.14. The number of allylic oxidation sites excluding steroid dienone is 1. The minimum absolute atomic E-state index is 0.0246. The number of piperazine rings is 2. The molecule has 2 aromatic rings. The van der Waals surface area contributed by atoms with Gasteiger partial charge in [0.15, 0.2) is 0 Å². The fraction of sp³-hybridized carbons (Fsp3) is 0.478. The zero-order valence-corrected chi connectivity index (χ0v) is 18.0. The maximum Gasteiger partial charge on any atom is 0.254 e. The molecule has 2 aliphatic heterocycles.